The summed E-state index contributed by atoms with van der Waals surface area (Å²) in [5, 5.41) is 0. The number of allylic oxidation sites excluding steroid dienone is 10. The van der Waals surface area contributed by atoms with Crippen LogP contribution in [0.2, 0.25) is 0 Å². The highest BCUT2D eigenvalue weighted by atomic mass is 16.5. The van der Waals surface area contributed by atoms with E-state index in [4.69, 9.17) is 4.74 Å². The number of rotatable bonds is 18. The summed E-state index contributed by atoms with van der Waals surface area (Å²) in [6.07, 6.45) is 31.9. The van der Waals surface area contributed by atoms with Crippen molar-refractivity contribution in [3.63, 3.8) is 0 Å². The van der Waals surface area contributed by atoms with Crippen LogP contribution in [0.25, 0.3) is 0 Å². The molecule has 0 aromatic carbocycles. The van der Waals surface area contributed by atoms with Crippen LogP contribution in [0, 0.1) is 5.41 Å². The van der Waals surface area contributed by atoms with Crippen LogP contribution < -0.4 is 0 Å². The fraction of sp³-hybridized carbons (Fsp3) is 0.600. The second-order valence-electron chi connectivity index (χ2n) is 11.5. The molecule has 1 unspecified atom stereocenters. The van der Waals surface area contributed by atoms with Gasteiger partial charge in [-0.2, -0.15) is 0 Å². The Morgan fingerprint density at radius 3 is 2.13 bits per heavy atom. The van der Waals surface area contributed by atoms with Crippen LogP contribution in [0.15, 0.2) is 70.9 Å². The summed E-state index contributed by atoms with van der Waals surface area (Å²) in [6.45, 7) is 12.8. The molecule has 0 spiro atoms. The van der Waals surface area contributed by atoms with Crippen LogP contribution in [0.3, 0.4) is 0 Å². The first-order valence-electron chi connectivity index (χ1n) is 14.9. The number of unbranched alkanes of at least 4 members (excludes halogenated alkanes) is 10. The van der Waals surface area contributed by atoms with Crippen molar-refractivity contribution < 1.29 is 14.3 Å². The molecular formula is C35H54O3. The van der Waals surface area contributed by atoms with E-state index in [0.717, 1.165) is 48.7 Å². The lowest BCUT2D eigenvalue weighted by Crippen LogP contribution is -2.30. The minimum Gasteiger partial charge on any atom is -0.455 e. The lowest BCUT2D eigenvalue weighted by Gasteiger charge is -2.36. The van der Waals surface area contributed by atoms with E-state index in [1.807, 2.05) is 31.2 Å². The molecule has 0 fully saturated rings. The molecule has 1 aliphatic rings. The Hall–Kier alpha value is -2.42. The van der Waals surface area contributed by atoms with E-state index in [1.54, 1.807) is 12.2 Å². The first-order chi connectivity index (χ1) is 18.2. The maximum Gasteiger partial charge on any atom is 0.331 e. The van der Waals surface area contributed by atoms with Crippen LogP contribution in [0.1, 0.15) is 125 Å². The third-order valence-corrected chi connectivity index (χ3v) is 7.47. The number of hydrogen-bond donors (Lipinski definition) is 0. The summed E-state index contributed by atoms with van der Waals surface area (Å²) >= 11 is 0. The number of esters is 1. The van der Waals surface area contributed by atoms with Gasteiger partial charge in [0.15, 0.2) is 0 Å². The van der Waals surface area contributed by atoms with Gasteiger partial charge in [0, 0.05) is 6.08 Å². The highest BCUT2D eigenvalue weighted by Gasteiger charge is 2.33. The quantitative estimate of drug-likeness (QED) is 0.0591. The Kier molecular flexibility index (Phi) is 17.4. The van der Waals surface area contributed by atoms with E-state index in [-0.39, 0.29) is 17.5 Å². The van der Waals surface area contributed by atoms with Gasteiger partial charge in [-0.3, -0.25) is 4.79 Å². The minimum absolute atomic E-state index is 0.0360. The van der Waals surface area contributed by atoms with E-state index >= 15 is 0 Å². The Morgan fingerprint density at radius 1 is 0.895 bits per heavy atom. The Balaban J connectivity index is 2.53. The molecule has 212 valence electrons. The van der Waals surface area contributed by atoms with Gasteiger partial charge < -0.3 is 4.74 Å². The molecule has 1 atom stereocenters. The molecule has 0 aromatic rings. The molecule has 0 aromatic heterocycles. The number of ether oxygens (including phenoxy) is 1. The largest absolute Gasteiger partial charge is 0.455 e. The van der Waals surface area contributed by atoms with Gasteiger partial charge in [-0.15, -0.1) is 0 Å². The van der Waals surface area contributed by atoms with Crippen molar-refractivity contribution in [1.82, 2.24) is 0 Å². The number of hydrogen-bond acceptors (Lipinski definition) is 3. The topological polar surface area (TPSA) is 43.4 Å². The smallest absolute Gasteiger partial charge is 0.331 e. The van der Waals surface area contributed by atoms with Crippen molar-refractivity contribution in [2.75, 3.05) is 0 Å². The van der Waals surface area contributed by atoms with Gasteiger partial charge in [0.05, 0.1) is 0 Å². The predicted molar refractivity (Wildman–Crippen MR) is 163 cm³/mol. The fourth-order valence-electron chi connectivity index (χ4n) is 4.95. The van der Waals surface area contributed by atoms with E-state index in [9.17, 15) is 9.59 Å². The SMILES string of the molecule is CCCCCCCCCCCC/C=C/C(=O)OC1CCC(C)(C)C(/C=C/C(C)=C/C=C/C(C)=C/C=O)=C1C. The zero-order valence-electron chi connectivity index (χ0n) is 25.2. The minimum atomic E-state index is -0.232. The monoisotopic (exact) mass is 522 g/mol. The average Bonchev–Trinajstić information content (AvgIpc) is 2.86. The van der Waals surface area contributed by atoms with Gasteiger partial charge in [-0.1, -0.05) is 121 Å². The summed E-state index contributed by atoms with van der Waals surface area (Å²) in [7, 11) is 0. The summed E-state index contributed by atoms with van der Waals surface area (Å²) in [4.78, 5) is 23.0. The van der Waals surface area contributed by atoms with Crippen molar-refractivity contribution in [2.45, 2.75) is 131 Å². The Labute approximate surface area is 233 Å². The van der Waals surface area contributed by atoms with Crippen LogP contribution in [-0.2, 0) is 14.3 Å². The van der Waals surface area contributed by atoms with Gasteiger partial charge in [0.2, 0.25) is 0 Å². The van der Waals surface area contributed by atoms with E-state index in [0.29, 0.717) is 0 Å². The van der Waals surface area contributed by atoms with E-state index in [2.05, 4.69) is 46.8 Å². The molecule has 1 aliphatic carbocycles. The zero-order chi connectivity index (χ0) is 28.2. The van der Waals surface area contributed by atoms with Crippen molar-refractivity contribution in [3.05, 3.63) is 70.9 Å². The van der Waals surface area contributed by atoms with Gasteiger partial charge in [0.1, 0.15) is 12.4 Å². The Morgan fingerprint density at radius 2 is 1.50 bits per heavy atom. The molecule has 3 nitrogen and oxygen atoms in total. The summed E-state index contributed by atoms with van der Waals surface area (Å²) in [6, 6.07) is 0. The summed E-state index contributed by atoms with van der Waals surface area (Å²) in [5.74, 6) is -0.232. The second kappa shape index (κ2) is 19.6. The van der Waals surface area contributed by atoms with E-state index < -0.39 is 0 Å². The number of aldehydes is 1. The molecule has 0 saturated carbocycles. The molecule has 0 bridgehead atoms. The average molecular weight is 523 g/mol. The predicted octanol–water partition coefficient (Wildman–Crippen LogP) is 10.1. The molecule has 0 aliphatic heterocycles. The molecular weight excluding hydrogens is 468 g/mol. The van der Waals surface area contributed by atoms with Crippen LogP contribution >= 0.6 is 0 Å². The first kappa shape index (κ1) is 33.6. The van der Waals surface area contributed by atoms with Crippen molar-refractivity contribution in [3.8, 4) is 0 Å². The maximum atomic E-state index is 12.5. The molecule has 3 heteroatoms. The molecule has 0 N–H and O–H groups in total. The summed E-state index contributed by atoms with van der Waals surface area (Å²) < 4.78 is 5.87. The molecule has 38 heavy (non-hydrogen) atoms. The van der Waals surface area contributed by atoms with Crippen LogP contribution in [0.5, 0.6) is 0 Å². The van der Waals surface area contributed by atoms with Gasteiger partial charge in [-0.05, 0) is 74.7 Å². The normalized spacial score (nSPS) is 18.7. The van der Waals surface area contributed by atoms with Crippen LogP contribution in [-0.4, -0.2) is 18.4 Å². The molecule has 0 amide bonds. The van der Waals surface area contributed by atoms with Crippen molar-refractivity contribution >= 4 is 12.3 Å². The fourth-order valence-corrected chi connectivity index (χ4v) is 4.95. The Bertz CT molecular complexity index is 892. The van der Waals surface area contributed by atoms with Gasteiger partial charge >= 0.3 is 5.97 Å². The van der Waals surface area contributed by atoms with Gasteiger partial charge in [-0.25, -0.2) is 4.79 Å². The van der Waals surface area contributed by atoms with E-state index in [1.165, 1.54) is 63.4 Å². The van der Waals surface area contributed by atoms with Crippen molar-refractivity contribution in [1.29, 1.82) is 0 Å². The van der Waals surface area contributed by atoms with Crippen molar-refractivity contribution in [2.24, 2.45) is 5.41 Å². The lowest BCUT2D eigenvalue weighted by molar-refractivity contribution is -0.142. The highest BCUT2D eigenvalue weighted by Crippen LogP contribution is 2.42. The lowest BCUT2D eigenvalue weighted by atomic mass is 9.71. The molecule has 0 saturated heterocycles. The number of carbonyl (C=O) groups excluding carboxylic acids is 2. The zero-order valence-corrected chi connectivity index (χ0v) is 25.2. The number of carbonyl (C=O) groups is 2. The molecule has 0 heterocycles. The highest BCUT2D eigenvalue weighted by molar-refractivity contribution is 5.82. The molecule has 0 radical (unpaired) electrons. The third-order valence-electron chi connectivity index (χ3n) is 7.47. The van der Waals surface area contributed by atoms with Crippen LogP contribution in [0.4, 0.5) is 0 Å². The maximum absolute atomic E-state index is 12.5. The molecule has 1 rings (SSSR count). The van der Waals surface area contributed by atoms with Gasteiger partial charge in [0.25, 0.3) is 0 Å². The standard InChI is InChI=1S/C35H54O3/c1-7-8-9-10-11-12-13-14-15-16-17-18-22-34(37)38-33-25-27-35(5,6)32(31(33)4)24-23-29(2)20-19-21-30(3)26-28-36/h18-24,26,28,33H,7-17,25,27H2,1-6H3/b21-19+,22-18+,24-23+,29-20+,30-26+. The third kappa shape index (κ3) is 14.5. The second-order valence-corrected chi connectivity index (χ2v) is 11.5. The first-order valence-corrected chi connectivity index (χ1v) is 14.9. The summed E-state index contributed by atoms with van der Waals surface area (Å²) in [5.41, 5.74) is 4.45.